The van der Waals surface area contributed by atoms with Gasteiger partial charge in [0.25, 0.3) is 0 Å². The molecule has 17 heavy (non-hydrogen) atoms. The second-order valence-corrected chi connectivity index (χ2v) is 6.19. The van der Waals surface area contributed by atoms with Crippen LogP contribution in [-0.4, -0.2) is 62.7 Å². The van der Waals surface area contributed by atoms with Crippen LogP contribution >= 0.6 is 0 Å². The molecule has 0 radical (unpaired) electrons. The van der Waals surface area contributed by atoms with Crippen molar-refractivity contribution in [1.82, 2.24) is 15.1 Å². The Bertz CT molecular complexity index is 232. The molecule has 3 atom stereocenters. The molecule has 0 bridgehead atoms. The number of nitrogens with one attached hydrogen (secondary N) is 1. The highest BCUT2D eigenvalue weighted by Crippen LogP contribution is 2.21. The summed E-state index contributed by atoms with van der Waals surface area (Å²) >= 11 is 0. The summed E-state index contributed by atoms with van der Waals surface area (Å²) in [5.41, 5.74) is 0. The van der Waals surface area contributed by atoms with E-state index < -0.39 is 0 Å². The molecule has 0 aromatic rings. The first-order valence-electron chi connectivity index (χ1n) is 7.27. The molecule has 0 spiro atoms. The average Bonchev–Trinajstić information content (AvgIpc) is 2.29. The first-order valence-corrected chi connectivity index (χ1v) is 7.27. The van der Waals surface area contributed by atoms with Crippen molar-refractivity contribution in [3.05, 3.63) is 0 Å². The third-order valence-electron chi connectivity index (χ3n) is 4.60. The second-order valence-electron chi connectivity index (χ2n) is 6.19. The summed E-state index contributed by atoms with van der Waals surface area (Å²) in [5, 5.41) is 3.45. The number of hydrogen-bond acceptors (Lipinski definition) is 3. The van der Waals surface area contributed by atoms with Crippen molar-refractivity contribution in [2.75, 3.05) is 46.8 Å². The number of rotatable bonds is 3. The molecule has 0 aliphatic carbocycles. The normalized spacial score (nSPS) is 37.2. The Morgan fingerprint density at radius 1 is 1.18 bits per heavy atom. The maximum Gasteiger partial charge on any atom is 0.0114 e. The smallest absolute Gasteiger partial charge is 0.0114 e. The van der Waals surface area contributed by atoms with Crippen LogP contribution in [0.25, 0.3) is 0 Å². The Kier molecular flexibility index (Phi) is 4.83. The maximum atomic E-state index is 3.45. The van der Waals surface area contributed by atoms with Gasteiger partial charge < -0.3 is 15.1 Å². The molecule has 2 aliphatic rings. The minimum absolute atomic E-state index is 0.736. The van der Waals surface area contributed by atoms with Crippen molar-refractivity contribution < 1.29 is 0 Å². The van der Waals surface area contributed by atoms with Gasteiger partial charge >= 0.3 is 0 Å². The van der Waals surface area contributed by atoms with Crippen molar-refractivity contribution in [3.63, 3.8) is 0 Å². The van der Waals surface area contributed by atoms with Crippen LogP contribution in [0.4, 0.5) is 0 Å². The molecular formula is C14H29N3. The molecule has 0 saturated carbocycles. The zero-order valence-electron chi connectivity index (χ0n) is 11.8. The molecule has 0 aromatic heterocycles. The molecule has 2 saturated heterocycles. The molecule has 0 amide bonds. The zero-order valence-corrected chi connectivity index (χ0v) is 11.8. The SMILES string of the molecule is CNC1CCN(CC2CCCN(C)C2)CC1C. The van der Waals surface area contributed by atoms with Crippen molar-refractivity contribution in [3.8, 4) is 0 Å². The van der Waals surface area contributed by atoms with Crippen LogP contribution in [0.2, 0.25) is 0 Å². The van der Waals surface area contributed by atoms with Crippen LogP contribution in [0.3, 0.4) is 0 Å². The van der Waals surface area contributed by atoms with Crippen molar-refractivity contribution >= 4 is 0 Å². The van der Waals surface area contributed by atoms with E-state index in [0.29, 0.717) is 0 Å². The molecule has 2 fully saturated rings. The molecule has 100 valence electrons. The molecule has 2 aliphatic heterocycles. The minimum Gasteiger partial charge on any atom is -0.317 e. The standard InChI is InChI=1S/C14H29N3/c1-12-9-17(8-6-14(12)15-2)11-13-5-4-7-16(3)10-13/h12-15H,4-11H2,1-3H3. The highest BCUT2D eigenvalue weighted by atomic mass is 15.2. The Labute approximate surface area is 107 Å². The quantitative estimate of drug-likeness (QED) is 0.800. The van der Waals surface area contributed by atoms with Gasteiger partial charge in [0.15, 0.2) is 0 Å². The Morgan fingerprint density at radius 3 is 2.65 bits per heavy atom. The molecule has 2 heterocycles. The van der Waals surface area contributed by atoms with Gasteiger partial charge in [-0.25, -0.2) is 0 Å². The van der Waals surface area contributed by atoms with Crippen LogP contribution < -0.4 is 5.32 Å². The van der Waals surface area contributed by atoms with Gasteiger partial charge in [-0.15, -0.1) is 0 Å². The van der Waals surface area contributed by atoms with Gasteiger partial charge in [0.05, 0.1) is 0 Å². The van der Waals surface area contributed by atoms with E-state index in [1.54, 1.807) is 0 Å². The van der Waals surface area contributed by atoms with Crippen LogP contribution in [0.5, 0.6) is 0 Å². The van der Waals surface area contributed by atoms with Crippen molar-refractivity contribution in [2.24, 2.45) is 11.8 Å². The highest BCUT2D eigenvalue weighted by molar-refractivity contribution is 4.83. The summed E-state index contributed by atoms with van der Waals surface area (Å²) in [6, 6.07) is 0.736. The lowest BCUT2D eigenvalue weighted by Gasteiger charge is -2.40. The lowest BCUT2D eigenvalue weighted by Crippen LogP contribution is -2.49. The zero-order chi connectivity index (χ0) is 12.3. The lowest BCUT2D eigenvalue weighted by atomic mass is 9.91. The molecule has 0 aromatic carbocycles. The Hall–Kier alpha value is -0.120. The number of likely N-dealkylation sites (tertiary alicyclic amines) is 2. The number of piperidine rings is 2. The molecule has 3 unspecified atom stereocenters. The topological polar surface area (TPSA) is 18.5 Å². The van der Waals surface area contributed by atoms with Crippen LogP contribution in [-0.2, 0) is 0 Å². The molecule has 1 N–H and O–H groups in total. The van der Waals surface area contributed by atoms with E-state index in [2.05, 4.69) is 36.1 Å². The largest absolute Gasteiger partial charge is 0.317 e. The highest BCUT2D eigenvalue weighted by Gasteiger charge is 2.27. The lowest BCUT2D eigenvalue weighted by molar-refractivity contribution is 0.104. The van der Waals surface area contributed by atoms with E-state index in [9.17, 15) is 0 Å². The Morgan fingerprint density at radius 2 is 2.00 bits per heavy atom. The maximum absolute atomic E-state index is 3.45. The van der Waals surface area contributed by atoms with Gasteiger partial charge in [-0.05, 0) is 58.3 Å². The summed E-state index contributed by atoms with van der Waals surface area (Å²) in [4.78, 5) is 5.19. The van der Waals surface area contributed by atoms with Gasteiger partial charge in [-0.3, -0.25) is 0 Å². The third kappa shape index (κ3) is 3.67. The van der Waals surface area contributed by atoms with Crippen LogP contribution in [0.15, 0.2) is 0 Å². The predicted molar refractivity (Wildman–Crippen MR) is 73.3 cm³/mol. The fourth-order valence-electron chi connectivity index (χ4n) is 3.61. The third-order valence-corrected chi connectivity index (χ3v) is 4.60. The van der Waals surface area contributed by atoms with Gasteiger partial charge in [-0.1, -0.05) is 6.92 Å². The molecule has 3 heteroatoms. The first kappa shape index (κ1) is 13.3. The van der Waals surface area contributed by atoms with Crippen molar-refractivity contribution in [1.29, 1.82) is 0 Å². The summed E-state index contributed by atoms with van der Waals surface area (Å²) < 4.78 is 0. The molecule has 2 rings (SSSR count). The van der Waals surface area contributed by atoms with Crippen LogP contribution in [0, 0.1) is 11.8 Å². The predicted octanol–water partition coefficient (Wildman–Crippen LogP) is 1.26. The summed E-state index contributed by atoms with van der Waals surface area (Å²) in [6.07, 6.45) is 4.15. The monoisotopic (exact) mass is 239 g/mol. The van der Waals surface area contributed by atoms with Gasteiger partial charge in [0, 0.05) is 25.7 Å². The second kappa shape index (κ2) is 6.17. The minimum atomic E-state index is 0.736. The number of nitrogens with zero attached hydrogens (tertiary/aromatic N) is 2. The van der Waals surface area contributed by atoms with E-state index in [-0.39, 0.29) is 0 Å². The molecule has 3 nitrogen and oxygen atoms in total. The van der Waals surface area contributed by atoms with Gasteiger partial charge in [0.1, 0.15) is 0 Å². The number of hydrogen-bond donors (Lipinski definition) is 1. The van der Waals surface area contributed by atoms with E-state index in [1.165, 1.54) is 52.0 Å². The average molecular weight is 239 g/mol. The summed E-state index contributed by atoms with van der Waals surface area (Å²) in [6.45, 7) is 8.89. The van der Waals surface area contributed by atoms with E-state index in [1.807, 2.05) is 0 Å². The van der Waals surface area contributed by atoms with Gasteiger partial charge in [0.2, 0.25) is 0 Å². The summed E-state index contributed by atoms with van der Waals surface area (Å²) in [7, 11) is 4.37. The fraction of sp³-hybridized carbons (Fsp3) is 1.00. The van der Waals surface area contributed by atoms with E-state index >= 15 is 0 Å². The summed E-state index contributed by atoms with van der Waals surface area (Å²) in [5.74, 6) is 1.71. The van der Waals surface area contributed by atoms with E-state index in [0.717, 1.165) is 17.9 Å². The fourth-order valence-corrected chi connectivity index (χ4v) is 3.61. The van der Waals surface area contributed by atoms with E-state index in [4.69, 9.17) is 0 Å². The Balaban J connectivity index is 1.76. The van der Waals surface area contributed by atoms with Crippen LogP contribution in [0.1, 0.15) is 26.2 Å². The van der Waals surface area contributed by atoms with Gasteiger partial charge in [-0.2, -0.15) is 0 Å². The first-order chi connectivity index (χ1) is 8.19. The molecular weight excluding hydrogens is 210 g/mol. The van der Waals surface area contributed by atoms with Crippen molar-refractivity contribution in [2.45, 2.75) is 32.2 Å².